The van der Waals surface area contributed by atoms with Crippen molar-refractivity contribution in [2.45, 2.75) is 341 Å². The molecular formula is C87H148NO8+. The van der Waals surface area contributed by atoms with Crippen molar-refractivity contribution in [1.82, 2.24) is 0 Å². The van der Waals surface area contributed by atoms with E-state index in [2.05, 4.69) is 160 Å². The molecule has 0 fully saturated rings. The first-order valence-electron chi connectivity index (χ1n) is 39.5. The maximum atomic E-state index is 13.0. The standard InChI is InChI=1S/C87H147NO8/c1-6-8-10-12-14-16-18-20-22-24-26-28-30-32-34-36-38-40-41-42-43-44-45-46-48-50-52-54-56-58-60-62-64-66-68-70-72-74-76-78-85(90)96-83(82-95-87(86(91)92)93-80-79-88(3,4)5)81-94-84(89)77-75-73-71-69-67-65-63-61-59-57-55-53-51-49-47-39-37-35-33-31-29-27-25-23-21-19-17-15-13-11-9-7-2/h8,10,14,16,20,22,26,28,32,34,38,40,42-43,45-46,50,52,56,58,62,64,68,70,83,87H,6-7,9,11-13,15,17-19,21,23-25,27,29-31,33,35-37,39,41,44,47-49,51,53-55,57,59-61,63,65-67,69,71-82H2,1-5H3/p+1/b10-8-,16-14-,22-20-,28-26-,34-32-,40-38-,43-42-,46-45-,52-50-,58-56-,64-62-,70-68-. The normalized spacial score (nSPS) is 13.5. The van der Waals surface area contributed by atoms with Crippen LogP contribution in [0.15, 0.2) is 146 Å². The highest BCUT2D eigenvalue weighted by Gasteiger charge is 2.25. The molecule has 0 saturated heterocycles. The minimum atomic E-state index is -1.53. The lowest BCUT2D eigenvalue weighted by molar-refractivity contribution is -0.870. The van der Waals surface area contributed by atoms with Crippen molar-refractivity contribution >= 4 is 17.9 Å². The summed E-state index contributed by atoms with van der Waals surface area (Å²) in [6.45, 7) is 4.74. The van der Waals surface area contributed by atoms with Crippen molar-refractivity contribution in [3.63, 3.8) is 0 Å². The Kier molecular flexibility index (Phi) is 72.1. The molecule has 0 radical (unpaired) electrons. The lowest BCUT2D eigenvalue weighted by Gasteiger charge is -2.25. The van der Waals surface area contributed by atoms with Crippen molar-refractivity contribution in [2.75, 3.05) is 47.5 Å². The summed E-state index contributed by atoms with van der Waals surface area (Å²) in [6.07, 6.45) is 109. The van der Waals surface area contributed by atoms with Gasteiger partial charge in [-0.1, -0.05) is 359 Å². The molecule has 0 bridgehead atoms. The second-order valence-electron chi connectivity index (χ2n) is 27.3. The number of likely N-dealkylation sites (N-methyl/N-ethyl adjacent to an activating group) is 1. The van der Waals surface area contributed by atoms with Gasteiger partial charge in [0.15, 0.2) is 6.10 Å². The molecule has 0 spiro atoms. The summed E-state index contributed by atoms with van der Waals surface area (Å²) in [5.74, 6) is -2.06. The minimum Gasteiger partial charge on any atom is -0.477 e. The van der Waals surface area contributed by atoms with E-state index in [1.807, 2.05) is 21.1 Å². The highest BCUT2D eigenvalue weighted by Crippen LogP contribution is 2.18. The molecule has 0 saturated carbocycles. The number of carboxylic acids is 1. The Balaban J connectivity index is 4.17. The third kappa shape index (κ3) is 76.5. The number of aliphatic carboxylic acids is 1. The number of hydrogen-bond acceptors (Lipinski definition) is 7. The van der Waals surface area contributed by atoms with Gasteiger partial charge >= 0.3 is 17.9 Å². The predicted molar refractivity (Wildman–Crippen MR) is 414 cm³/mol. The molecule has 2 unspecified atom stereocenters. The number of rotatable bonds is 72. The number of carbonyl (C=O) groups is 3. The highest BCUT2D eigenvalue weighted by molar-refractivity contribution is 5.71. The monoisotopic (exact) mass is 1340 g/mol. The van der Waals surface area contributed by atoms with Gasteiger partial charge in [-0.3, -0.25) is 9.59 Å². The van der Waals surface area contributed by atoms with Crippen molar-refractivity contribution < 1.29 is 42.9 Å². The Morgan fingerprint density at radius 1 is 0.323 bits per heavy atom. The number of carbonyl (C=O) groups excluding carboxylic acids is 2. The predicted octanol–water partition coefficient (Wildman–Crippen LogP) is 25.4. The van der Waals surface area contributed by atoms with Gasteiger partial charge in [-0.2, -0.15) is 0 Å². The van der Waals surface area contributed by atoms with E-state index < -0.39 is 24.3 Å². The third-order valence-electron chi connectivity index (χ3n) is 16.9. The quantitative estimate of drug-likeness (QED) is 0.0211. The summed E-state index contributed by atoms with van der Waals surface area (Å²) in [7, 11) is 5.96. The molecule has 548 valence electrons. The summed E-state index contributed by atoms with van der Waals surface area (Å²) in [5, 5.41) is 9.76. The van der Waals surface area contributed by atoms with Crippen LogP contribution in [0.3, 0.4) is 0 Å². The van der Waals surface area contributed by atoms with Crippen LogP contribution in [-0.2, 0) is 33.3 Å². The second kappa shape index (κ2) is 75.9. The van der Waals surface area contributed by atoms with Gasteiger partial charge in [0, 0.05) is 12.8 Å². The SMILES string of the molecule is CC/C=C\C/C=C\C/C=C\C/C=C\C/C=C\C/C=C\C/C=C\C/C=C\C/C=C\C/C=C\C/C=C\C/C=C\CCCCC(=O)OC(COC(=O)CCCCCCCCCCCCCCCCCCCCCCCCCCCCCCCCCC)COC(OCC[N+](C)(C)C)C(=O)O. The van der Waals surface area contributed by atoms with E-state index in [-0.39, 0.29) is 38.6 Å². The molecule has 0 heterocycles. The third-order valence-corrected chi connectivity index (χ3v) is 16.9. The maximum absolute atomic E-state index is 13.0. The minimum absolute atomic E-state index is 0.173. The molecule has 0 aromatic rings. The lowest BCUT2D eigenvalue weighted by atomic mass is 10.0. The van der Waals surface area contributed by atoms with Crippen molar-refractivity contribution in [3.05, 3.63) is 146 Å². The Morgan fingerprint density at radius 2 is 0.594 bits per heavy atom. The number of unbranched alkanes of at least 4 members (excludes halogenated alkanes) is 33. The van der Waals surface area contributed by atoms with Gasteiger partial charge in [0.25, 0.3) is 6.29 Å². The molecule has 9 heteroatoms. The van der Waals surface area contributed by atoms with Crippen LogP contribution in [0.1, 0.15) is 328 Å². The van der Waals surface area contributed by atoms with Crippen LogP contribution >= 0.6 is 0 Å². The van der Waals surface area contributed by atoms with E-state index in [9.17, 15) is 19.5 Å². The van der Waals surface area contributed by atoms with Crippen LogP contribution in [0.25, 0.3) is 0 Å². The summed E-state index contributed by atoms with van der Waals surface area (Å²) in [5.41, 5.74) is 0. The largest absolute Gasteiger partial charge is 0.477 e. The van der Waals surface area contributed by atoms with E-state index in [1.54, 1.807) is 0 Å². The number of esters is 2. The molecule has 2 atom stereocenters. The van der Waals surface area contributed by atoms with Crippen LogP contribution in [0.4, 0.5) is 0 Å². The Labute approximate surface area is 592 Å². The Bertz CT molecular complexity index is 2090. The van der Waals surface area contributed by atoms with Gasteiger partial charge in [-0.15, -0.1) is 0 Å². The van der Waals surface area contributed by atoms with Crippen LogP contribution in [0, 0.1) is 0 Å². The number of allylic oxidation sites excluding steroid dienone is 24. The van der Waals surface area contributed by atoms with Gasteiger partial charge in [-0.25, -0.2) is 4.79 Å². The van der Waals surface area contributed by atoms with E-state index in [0.29, 0.717) is 17.4 Å². The van der Waals surface area contributed by atoms with Gasteiger partial charge in [0.05, 0.1) is 34.4 Å². The molecule has 0 aromatic heterocycles. The number of nitrogens with zero attached hydrogens (tertiary/aromatic N) is 1. The van der Waals surface area contributed by atoms with Gasteiger partial charge < -0.3 is 28.5 Å². The van der Waals surface area contributed by atoms with Crippen molar-refractivity contribution in [2.24, 2.45) is 0 Å². The smallest absolute Gasteiger partial charge is 0.361 e. The van der Waals surface area contributed by atoms with Crippen molar-refractivity contribution in [3.8, 4) is 0 Å². The van der Waals surface area contributed by atoms with Crippen LogP contribution in [-0.4, -0.2) is 87.4 Å². The average Bonchev–Trinajstić information content (AvgIpc) is 2.40. The van der Waals surface area contributed by atoms with Crippen LogP contribution in [0.5, 0.6) is 0 Å². The number of quaternary nitrogens is 1. The number of ether oxygens (including phenoxy) is 4. The number of carboxylic acid groups (broad SMARTS) is 1. The van der Waals surface area contributed by atoms with E-state index in [1.165, 1.54) is 186 Å². The molecule has 0 aromatic carbocycles. The summed E-state index contributed by atoms with van der Waals surface area (Å²) < 4.78 is 23.0. The van der Waals surface area contributed by atoms with Crippen molar-refractivity contribution in [1.29, 1.82) is 0 Å². The fourth-order valence-corrected chi connectivity index (χ4v) is 10.9. The Hall–Kier alpha value is -4.83. The topological polar surface area (TPSA) is 108 Å². The molecule has 0 amide bonds. The summed E-state index contributed by atoms with van der Waals surface area (Å²) in [6, 6.07) is 0. The summed E-state index contributed by atoms with van der Waals surface area (Å²) >= 11 is 0. The first-order valence-corrected chi connectivity index (χ1v) is 39.5. The lowest BCUT2D eigenvalue weighted by Crippen LogP contribution is -2.40. The molecule has 0 aliphatic carbocycles. The zero-order chi connectivity index (χ0) is 69.7. The highest BCUT2D eigenvalue weighted by atomic mass is 16.7. The molecule has 0 rings (SSSR count). The van der Waals surface area contributed by atoms with Gasteiger partial charge in [0.1, 0.15) is 13.2 Å². The average molecular weight is 1340 g/mol. The number of hydrogen-bond donors (Lipinski definition) is 1. The molecular weight excluding hydrogens is 1190 g/mol. The zero-order valence-corrected chi connectivity index (χ0v) is 62.7. The zero-order valence-electron chi connectivity index (χ0n) is 62.7. The van der Waals surface area contributed by atoms with E-state index >= 15 is 0 Å². The molecule has 9 nitrogen and oxygen atoms in total. The summed E-state index contributed by atoms with van der Waals surface area (Å²) in [4.78, 5) is 37.7. The van der Waals surface area contributed by atoms with Gasteiger partial charge in [0.2, 0.25) is 0 Å². The fourth-order valence-electron chi connectivity index (χ4n) is 10.9. The Morgan fingerprint density at radius 3 is 0.885 bits per heavy atom. The second-order valence-corrected chi connectivity index (χ2v) is 27.3. The van der Waals surface area contributed by atoms with Crippen LogP contribution < -0.4 is 0 Å². The molecule has 1 N–H and O–H groups in total. The molecule has 96 heavy (non-hydrogen) atoms. The first-order chi connectivity index (χ1) is 47.1. The van der Waals surface area contributed by atoms with E-state index in [4.69, 9.17) is 18.9 Å². The van der Waals surface area contributed by atoms with Gasteiger partial charge in [-0.05, 0) is 103 Å². The fraction of sp³-hybridized carbons (Fsp3) is 0.690. The molecule has 0 aliphatic rings. The molecule has 0 aliphatic heterocycles. The van der Waals surface area contributed by atoms with Crippen LogP contribution in [0.2, 0.25) is 0 Å². The van der Waals surface area contributed by atoms with E-state index in [0.717, 1.165) is 109 Å². The first kappa shape index (κ1) is 91.2. The maximum Gasteiger partial charge on any atom is 0.361 e.